The second-order valence-electron chi connectivity index (χ2n) is 5.12. The first-order chi connectivity index (χ1) is 9.96. The van der Waals surface area contributed by atoms with Gasteiger partial charge >= 0.3 is 0 Å². The van der Waals surface area contributed by atoms with Gasteiger partial charge in [-0.2, -0.15) is 11.8 Å². The zero-order valence-corrected chi connectivity index (χ0v) is 14.0. The summed E-state index contributed by atoms with van der Waals surface area (Å²) < 4.78 is 32.9. The Kier molecular flexibility index (Phi) is 5.40. The predicted molar refractivity (Wildman–Crippen MR) is 87.3 cm³/mol. The molecule has 118 valence electrons. The molecule has 1 saturated carbocycles. The maximum atomic E-state index is 12.5. The molecule has 0 aliphatic heterocycles. The van der Waals surface area contributed by atoms with Crippen LogP contribution in [0.2, 0.25) is 0 Å². The number of nitrogen functional groups attached to an aromatic ring is 1. The zero-order chi connectivity index (χ0) is 15.5. The summed E-state index contributed by atoms with van der Waals surface area (Å²) in [5.41, 5.74) is 6.14. The van der Waals surface area contributed by atoms with Crippen LogP contribution in [0.25, 0.3) is 0 Å². The van der Waals surface area contributed by atoms with Crippen molar-refractivity contribution in [1.29, 1.82) is 0 Å². The number of hydrogen-bond donors (Lipinski definition) is 2. The number of hydrogen-bond acceptors (Lipinski definition) is 5. The Labute approximate surface area is 130 Å². The molecule has 3 N–H and O–H groups in total. The topological polar surface area (TPSA) is 81.4 Å². The number of thioether (sulfide) groups is 1. The average Bonchev–Trinajstić information content (AvgIpc) is 2.85. The standard InChI is InChI=1S/C14H22N2O3S2/c1-3-20-12-6-5-11(9-12)16-21(17,18)14-7-4-10(15)8-13(14)19-2/h4,7-8,11-12,16H,3,5-6,9,15H2,1-2H3. The SMILES string of the molecule is CCSC1CCC(NS(=O)(=O)c2ccc(N)cc2OC)C1. The monoisotopic (exact) mass is 330 g/mol. The summed E-state index contributed by atoms with van der Waals surface area (Å²) in [6.07, 6.45) is 2.83. The van der Waals surface area contributed by atoms with Crippen LogP contribution in [-0.4, -0.2) is 32.6 Å². The molecular formula is C14H22N2O3S2. The number of rotatable bonds is 6. The summed E-state index contributed by atoms with van der Waals surface area (Å²) in [6, 6.07) is 4.59. The minimum Gasteiger partial charge on any atom is -0.495 e. The van der Waals surface area contributed by atoms with Crippen molar-refractivity contribution < 1.29 is 13.2 Å². The van der Waals surface area contributed by atoms with E-state index in [1.54, 1.807) is 6.07 Å². The number of nitrogens with two attached hydrogens (primary N) is 1. The highest BCUT2D eigenvalue weighted by Gasteiger charge is 2.30. The lowest BCUT2D eigenvalue weighted by Crippen LogP contribution is -2.33. The van der Waals surface area contributed by atoms with Gasteiger partial charge in [-0.25, -0.2) is 13.1 Å². The van der Waals surface area contributed by atoms with Crippen LogP contribution in [0.5, 0.6) is 5.75 Å². The summed E-state index contributed by atoms with van der Waals surface area (Å²) in [4.78, 5) is 0.144. The van der Waals surface area contributed by atoms with Gasteiger partial charge in [0, 0.05) is 23.0 Å². The Morgan fingerprint density at radius 3 is 2.86 bits per heavy atom. The van der Waals surface area contributed by atoms with Crippen molar-refractivity contribution in [2.45, 2.75) is 42.4 Å². The predicted octanol–water partition coefficient (Wildman–Crippen LogP) is 2.23. The third-order valence-corrected chi connectivity index (χ3v) is 6.38. The third kappa shape index (κ3) is 4.05. The Hall–Kier alpha value is -0.920. The van der Waals surface area contributed by atoms with E-state index in [9.17, 15) is 8.42 Å². The molecule has 0 radical (unpaired) electrons. The van der Waals surface area contributed by atoms with Crippen LogP contribution >= 0.6 is 11.8 Å². The summed E-state index contributed by atoms with van der Waals surface area (Å²) in [6.45, 7) is 2.13. The van der Waals surface area contributed by atoms with E-state index >= 15 is 0 Å². The van der Waals surface area contributed by atoms with Crippen molar-refractivity contribution in [3.05, 3.63) is 18.2 Å². The number of benzene rings is 1. The van der Waals surface area contributed by atoms with Gasteiger partial charge in [0.2, 0.25) is 10.0 Å². The molecule has 0 aromatic heterocycles. The van der Waals surface area contributed by atoms with Crippen LogP contribution in [-0.2, 0) is 10.0 Å². The lowest BCUT2D eigenvalue weighted by Gasteiger charge is -2.15. The molecule has 0 bridgehead atoms. The quantitative estimate of drug-likeness (QED) is 0.782. The van der Waals surface area contributed by atoms with Crippen LogP contribution in [0.15, 0.2) is 23.1 Å². The Morgan fingerprint density at radius 2 is 2.19 bits per heavy atom. The highest BCUT2D eigenvalue weighted by atomic mass is 32.2. The van der Waals surface area contributed by atoms with Crippen LogP contribution in [0.3, 0.4) is 0 Å². The molecule has 1 aromatic rings. The zero-order valence-electron chi connectivity index (χ0n) is 12.3. The number of methoxy groups -OCH3 is 1. The fourth-order valence-corrected chi connectivity index (χ4v) is 5.20. The van der Waals surface area contributed by atoms with Crippen LogP contribution < -0.4 is 15.2 Å². The molecule has 1 aliphatic rings. The van der Waals surface area contributed by atoms with Crippen molar-refractivity contribution >= 4 is 27.5 Å². The number of sulfonamides is 1. The minimum atomic E-state index is -3.58. The fourth-order valence-electron chi connectivity index (χ4n) is 2.62. The van der Waals surface area contributed by atoms with Gasteiger partial charge in [-0.15, -0.1) is 0 Å². The molecule has 1 fully saturated rings. The molecule has 2 atom stereocenters. The summed E-state index contributed by atoms with van der Waals surface area (Å²) >= 11 is 1.90. The molecule has 7 heteroatoms. The van der Waals surface area contributed by atoms with E-state index < -0.39 is 10.0 Å². The first-order valence-electron chi connectivity index (χ1n) is 7.03. The molecule has 21 heavy (non-hydrogen) atoms. The highest BCUT2D eigenvalue weighted by Crippen LogP contribution is 2.32. The van der Waals surface area contributed by atoms with Crippen molar-refractivity contribution in [1.82, 2.24) is 4.72 Å². The average molecular weight is 330 g/mol. The molecule has 2 unspecified atom stereocenters. The molecule has 2 rings (SSSR count). The molecule has 0 heterocycles. The first-order valence-corrected chi connectivity index (χ1v) is 9.57. The van der Waals surface area contributed by atoms with Crippen molar-refractivity contribution in [3.63, 3.8) is 0 Å². The number of ether oxygens (including phenoxy) is 1. The second kappa shape index (κ2) is 6.89. The second-order valence-corrected chi connectivity index (χ2v) is 8.38. The summed E-state index contributed by atoms with van der Waals surface area (Å²) in [7, 11) is -2.14. The first kappa shape index (κ1) is 16.5. The number of nitrogens with one attached hydrogen (secondary N) is 1. The Morgan fingerprint density at radius 1 is 1.43 bits per heavy atom. The fraction of sp³-hybridized carbons (Fsp3) is 0.571. The summed E-state index contributed by atoms with van der Waals surface area (Å²) in [5, 5.41) is 0.552. The van der Waals surface area contributed by atoms with Gasteiger partial charge in [-0.05, 0) is 37.1 Å². The van der Waals surface area contributed by atoms with Gasteiger partial charge in [0.1, 0.15) is 10.6 Å². The maximum absolute atomic E-state index is 12.5. The lowest BCUT2D eigenvalue weighted by molar-refractivity contribution is 0.402. The Bertz CT molecular complexity index is 590. The van der Waals surface area contributed by atoms with Crippen LogP contribution in [0.4, 0.5) is 5.69 Å². The van der Waals surface area contributed by atoms with Gasteiger partial charge in [-0.1, -0.05) is 6.92 Å². The number of anilines is 1. The van der Waals surface area contributed by atoms with Gasteiger partial charge in [-0.3, -0.25) is 0 Å². The highest BCUT2D eigenvalue weighted by molar-refractivity contribution is 7.99. The molecule has 5 nitrogen and oxygen atoms in total. The van der Waals surface area contributed by atoms with Crippen molar-refractivity contribution in [2.24, 2.45) is 0 Å². The van der Waals surface area contributed by atoms with E-state index in [4.69, 9.17) is 10.5 Å². The minimum absolute atomic E-state index is 0.00121. The molecular weight excluding hydrogens is 308 g/mol. The van der Waals surface area contributed by atoms with E-state index in [1.165, 1.54) is 19.2 Å². The lowest BCUT2D eigenvalue weighted by atomic mass is 10.3. The molecule has 0 saturated heterocycles. The van der Waals surface area contributed by atoms with Gasteiger partial charge in [0.05, 0.1) is 7.11 Å². The van der Waals surface area contributed by atoms with E-state index in [-0.39, 0.29) is 16.7 Å². The van der Waals surface area contributed by atoms with Crippen LogP contribution in [0, 0.1) is 0 Å². The molecule has 1 aliphatic carbocycles. The summed E-state index contributed by atoms with van der Waals surface area (Å²) in [5.74, 6) is 1.34. The van der Waals surface area contributed by atoms with Crippen molar-refractivity contribution in [2.75, 3.05) is 18.6 Å². The van der Waals surface area contributed by atoms with Gasteiger partial charge < -0.3 is 10.5 Å². The molecule has 0 amide bonds. The molecule has 1 aromatic carbocycles. The third-order valence-electron chi connectivity index (χ3n) is 3.59. The van der Waals surface area contributed by atoms with E-state index in [0.29, 0.717) is 10.9 Å². The van der Waals surface area contributed by atoms with Gasteiger partial charge in [0.15, 0.2) is 0 Å². The van der Waals surface area contributed by atoms with Gasteiger partial charge in [0.25, 0.3) is 0 Å². The largest absolute Gasteiger partial charge is 0.495 e. The van der Waals surface area contributed by atoms with E-state index in [0.717, 1.165) is 25.0 Å². The van der Waals surface area contributed by atoms with Crippen molar-refractivity contribution in [3.8, 4) is 5.75 Å². The molecule has 0 spiro atoms. The van der Waals surface area contributed by atoms with E-state index in [2.05, 4.69) is 11.6 Å². The van der Waals surface area contributed by atoms with Crippen LogP contribution in [0.1, 0.15) is 26.2 Å². The normalized spacial score (nSPS) is 22.4. The maximum Gasteiger partial charge on any atom is 0.244 e. The smallest absolute Gasteiger partial charge is 0.244 e. The van der Waals surface area contributed by atoms with E-state index in [1.807, 2.05) is 11.8 Å². The Balaban J connectivity index is 2.12.